The van der Waals surface area contributed by atoms with Crippen LogP contribution in [0.4, 0.5) is 16.2 Å². The Hall–Kier alpha value is -1.71. The fourth-order valence-corrected chi connectivity index (χ4v) is 2.09. The maximum atomic E-state index is 11.9. The van der Waals surface area contributed by atoms with Crippen LogP contribution in [0, 0.1) is 0 Å². The van der Waals surface area contributed by atoms with E-state index in [4.69, 9.17) is 5.73 Å². The summed E-state index contributed by atoms with van der Waals surface area (Å²) in [5, 5.41) is 3.00. The normalized spacial score (nSPS) is 18.4. The summed E-state index contributed by atoms with van der Waals surface area (Å²) in [6.07, 6.45) is 3.15. The number of rotatable bonds is 1. The van der Waals surface area contributed by atoms with Crippen LogP contribution in [0.2, 0.25) is 0 Å². The SMILES string of the molecule is Nc1ccc2c(c1)N(C(=O)NC1CC1)CC2. The van der Waals surface area contributed by atoms with Crippen molar-refractivity contribution in [3.05, 3.63) is 23.8 Å². The van der Waals surface area contributed by atoms with Gasteiger partial charge in [0, 0.05) is 18.3 Å². The number of nitrogens with zero attached hydrogens (tertiary/aromatic N) is 1. The van der Waals surface area contributed by atoms with Gasteiger partial charge in [-0.05, 0) is 37.0 Å². The van der Waals surface area contributed by atoms with Crippen molar-refractivity contribution in [3.8, 4) is 0 Å². The molecule has 1 heterocycles. The molecule has 0 saturated heterocycles. The molecule has 0 unspecified atom stereocenters. The molecule has 2 aliphatic rings. The van der Waals surface area contributed by atoms with Gasteiger partial charge in [0.25, 0.3) is 0 Å². The van der Waals surface area contributed by atoms with E-state index in [2.05, 4.69) is 5.32 Å². The molecule has 2 amide bonds. The first-order chi connectivity index (χ1) is 7.74. The minimum atomic E-state index is 0.0202. The molecule has 4 heteroatoms. The summed E-state index contributed by atoms with van der Waals surface area (Å²) in [5.41, 5.74) is 8.64. The van der Waals surface area contributed by atoms with Gasteiger partial charge in [-0.2, -0.15) is 0 Å². The Morgan fingerprint density at radius 2 is 2.25 bits per heavy atom. The number of benzene rings is 1. The predicted molar refractivity (Wildman–Crippen MR) is 63.5 cm³/mol. The minimum Gasteiger partial charge on any atom is -0.399 e. The number of nitrogens with two attached hydrogens (primary N) is 1. The molecule has 16 heavy (non-hydrogen) atoms. The van der Waals surface area contributed by atoms with E-state index in [1.54, 1.807) is 4.90 Å². The molecule has 0 atom stereocenters. The maximum Gasteiger partial charge on any atom is 0.322 e. The second-order valence-corrected chi connectivity index (χ2v) is 4.51. The lowest BCUT2D eigenvalue weighted by Crippen LogP contribution is -2.40. The Balaban J connectivity index is 1.83. The first-order valence-corrected chi connectivity index (χ1v) is 5.70. The van der Waals surface area contributed by atoms with Gasteiger partial charge >= 0.3 is 6.03 Å². The quantitative estimate of drug-likeness (QED) is 0.700. The number of hydrogen-bond donors (Lipinski definition) is 2. The van der Waals surface area contributed by atoms with Gasteiger partial charge in [0.2, 0.25) is 0 Å². The number of carbonyl (C=O) groups excluding carboxylic acids is 1. The molecule has 4 nitrogen and oxygen atoms in total. The van der Waals surface area contributed by atoms with Crippen molar-refractivity contribution in [2.45, 2.75) is 25.3 Å². The van der Waals surface area contributed by atoms with Gasteiger partial charge in [-0.15, -0.1) is 0 Å². The van der Waals surface area contributed by atoms with Crippen molar-refractivity contribution in [1.82, 2.24) is 5.32 Å². The van der Waals surface area contributed by atoms with Crippen LogP contribution in [0.15, 0.2) is 18.2 Å². The number of fused-ring (bicyclic) bond motifs is 1. The second-order valence-electron chi connectivity index (χ2n) is 4.51. The van der Waals surface area contributed by atoms with E-state index >= 15 is 0 Å². The van der Waals surface area contributed by atoms with Crippen LogP contribution in [-0.2, 0) is 6.42 Å². The molecular weight excluding hydrogens is 202 g/mol. The predicted octanol–water partition coefficient (Wildman–Crippen LogP) is 1.50. The Morgan fingerprint density at radius 3 is 3.00 bits per heavy atom. The first-order valence-electron chi connectivity index (χ1n) is 5.70. The highest BCUT2D eigenvalue weighted by atomic mass is 16.2. The zero-order chi connectivity index (χ0) is 11.1. The van der Waals surface area contributed by atoms with Crippen LogP contribution in [0.25, 0.3) is 0 Å². The summed E-state index contributed by atoms with van der Waals surface area (Å²) in [5.74, 6) is 0. The number of nitrogens with one attached hydrogen (secondary N) is 1. The number of urea groups is 1. The van der Waals surface area contributed by atoms with E-state index in [0.717, 1.165) is 31.5 Å². The molecular formula is C12H15N3O. The van der Waals surface area contributed by atoms with Gasteiger partial charge in [0.15, 0.2) is 0 Å². The molecule has 0 bridgehead atoms. The summed E-state index contributed by atoms with van der Waals surface area (Å²) in [4.78, 5) is 13.7. The summed E-state index contributed by atoms with van der Waals surface area (Å²) >= 11 is 0. The molecule has 0 spiro atoms. The van der Waals surface area contributed by atoms with E-state index in [1.807, 2.05) is 18.2 Å². The largest absolute Gasteiger partial charge is 0.399 e. The molecule has 1 aliphatic heterocycles. The van der Waals surface area contributed by atoms with Crippen LogP contribution in [0.1, 0.15) is 18.4 Å². The van der Waals surface area contributed by atoms with Crippen molar-refractivity contribution < 1.29 is 4.79 Å². The number of nitrogen functional groups attached to an aromatic ring is 1. The van der Waals surface area contributed by atoms with Crippen molar-refractivity contribution in [1.29, 1.82) is 0 Å². The van der Waals surface area contributed by atoms with Crippen LogP contribution >= 0.6 is 0 Å². The second kappa shape index (κ2) is 3.40. The zero-order valence-corrected chi connectivity index (χ0v) is 9.07. The summed E-state index contributed by atoms with van der Waals surface area (Å²) in [6.45, 7) is 0.761. The minimum absolute atomic E-state index is 0.0202. The average Bonchev–Trinajstić information content (AvgIpc) is 2.96. The third kappa shape index (κ3) is 1.60. The molecule has 0 aromatic heterocycles. The van der Waals surface area contributed by atoms with Crippen LogP contribution in [-0.4, -0.2) is 18.6 Å². The van der Waals surface area contributed by atoms with E-state index in [9.17, 15) is 4.79 Å². The highest BCUT2D eigenvalue weighted by Gasteiger charge is 2.29. The smallest absolute Gasteiger partial charge is 0.322 e. The fourth-order valence-electron chi connectivity index (χ4n) is 2.09. The van der Waals surface area contributed by atoms with Crippen molar-refractivity contribution >= 4 is 17.4 Å². The molecule has 1 fully saturated rings. The van der Waals surface area contributed by atoms with Crippen molar-refractivity contribution in [2.75, 3.05) is 17.2 Å². The van der Waals surface area contributed by atoms with E-state index < -0.39 is 0 Å². The highest BCUT2D eigenvalue weighted by Crippen LogP contribution is 2.30. The maximum absolute atomic E-state index is 11.9. The summed E-state index contributed by atoms with van der Waals surface area (Å²) in [7, 11) is 0. The molecule has 84 valence electrons. The lowest BCUT2D eigenvalue weighted by Gasteiger charge is -2.18. The van der Waals surface area contributed by atoms with Crippen LogP contribution < -0.4 is 16.0 Å². The number of carbonyl (C=O) groups is 1. The first kappa shape index (κ1) is 9.51. The lowest BCUT2D eigenvalue weighted by atomic mass is 10.1. The number of amides is 2. The number of hydrogen-bond acceptors (Lipinski definition) is 2. The monoisotopic (exact) mass is 217 g/mol. The molecule has 1 saturated carbocycles. The van der Waals surface area contributed by atoms with Crippen molar-refractivity contribution in [3.63, 3.8) is 0 Å². The fraction of sp³-hybridized carbons (Fsp3) is 0.417. The molecule has 0 radical (unpaired) electrons. The Kier molecular flexibility index (Phi) is 2.02. The van der Waals surface area contributed by atoms with Gasteiger partial charge in [-0.3, -0.25) is 4.90 Å². The third-order valence-corrected chi connectivity index (χ3v) is 3.15. The van der Waals surface area contributed by atoms with E-state index in [-0.39, 0.29) is 6.03 Å². The topological polar surface area (TPSA) is 58.4 Å². The highest BCUT2D eigenvalue weighted by molar-refractivity contribution is 5.95. The Morgan fingerprint density at radius 1 is 1.44 bits per heavy atom. The van der Waals surface area contributed by atoms with Gasteiger partial charge in [0.1, 0.15) is 0 Å². The van der Waals surface area contributed by atoms with Crippen molar-refractivity contribution in [2.24, 2.45) is 0 Å². The standard InChI is InChI=1S/C12H15N3O/c13-9-2-1-8-5-6-15(11(8)7-9)12(16)14-10-3-4-10/h1-2,7,10H,3-6,13H2,(H,14,16). The molecule has 3 rings (SSSR count). The van der Waals surface area contributed by atoms with Crippen LogP contribution in [0.5, 0.6) is 0 Å². The molecule has 1 aromatic rings. The summed E-state index contributed by atoms with van der Waals surface area (Å²) < 4.78 is 0. The molecule has 3 N–H and O–H groups in total. The van der Waals surface area contributed by atoms with Gasteiger partial charge in [-0.1, -0.05) is 6.07 Å². The Bertz CT molecular complexity index is 440. The summed E-state index contributed by atoms with van der Waals surface area (Å²) in [6, 6.07) is 6.20. The van der Waals surface area contributed by atoms with E-state index in [1.165, 1.54) is 5.56 Å². The van der Waals surface area contributed by atoms with Gasteiger partial charge < -0.3 is 11.1 Å². The number of anilines is 2. The van der Waals surface area contributed by atoms with Gasteiger partial charge in [-0.25, -0.2) is 4.79 Å². The zero-order valence-electron chi connectivity index (χ0n) is 9.07. The average molecular weight is 217 g/mol. The third-order valence-electron chi connectivity index (χ3n) is 3.15. The van der Waals surface area contributed by atoms with E-state index in [0.29, 0.717) is 11.7 Å². The lowest BCUT2D eigenvalue weighted by molar-refractivity contribution is 0.246. The molecule has 1 aromatic carbocycles. The molecule has 1 aliphatic carbocycles. The van der Waals surface area contributed by atoms with Gasteiger partial charge in [0.05, 0.1) is 5.69 Å². The van der Waals surface area contributed by atoms with Crippen LogP contribution in [0.3, 0.4) is 0 Å². The Labute approximate surface area is 94.4 Å².